The van der Waals surface area contributed by atoms with Crippen molar-refractivity contribution < 1.29 is 25.0 Å². The van der Waals surface area contributed by atoms with E-state index in [-0.39, 0.29) is 17.9 Å². The maximum Gasteiger partial charge on any atom is 0.168 e. The smallest absolute Gasteiger partial charge is 0.168 e. The van der Waals surface area contributed by atoms with E-state index in [0.29, 0.717) is 24.9 Å². The number of fused-ring (bicyclic) bond motifs is 1. The molecule has 21 heavy (non-hydrogen) atoms. The summed E-state index contributed by atoms with van der Waals surface area (Å²) < 4.78 is 0. The zero-order chi connectivity index (χ0) is 15.0. The van der Waals surface area contributed by atoms with Crippen molar-refractivity contribution in [3.63, 3.8) is 0 Å². The maximum atomic E-state index is 12.3. The van der Waals surface area contributed by atoms with E-state index in [9.17, 15) is 20.1 Å². The van der Waals surface area contributed by atoms with Gasteiger partial charge in [0.15, 0.2) is 5.78 Å². The number of ketones is 1. The number of hydrogen-bond acceptors (Lipinski definition) is 4. The molecule has 1 aromatic rings. The molecule has 2 aliphatic heterocycles. The number of carbonyl (C=O) groups excluding carboxylic acids is 1. The molecule has 3 rings (SSSR count). The molecule has 2 aliphatic rings. The lowest BCUT2D eigenvalue weighted by atomic mass is 9.89. The monoisotopic (exact) mass is 292 g/mol. The van der Waals surface area contributed by atoms with Gasteiger partial charge in [0.05, 0.1) is 12.5 Å². The Morgan fingerprint density at radius 2 is 1.81 bits per heavy atom. The van der Waals surface area contributed by atoms with Crippen LogP contribution in [0.2, 0.25) is 0 Å². The van der Waals surface area contributed by atoms with Crippen molar-refractivity contribution in [1.29, 1.82) is 0 Å². The molecule has 0 amide bonds. The first kappa shape index (κ1) is 14.7. The Kier molecular flexibility index (Phi) is 4.08. The number of piperidine rings is 1. The molecule has 5 heteroatoms. The average Bonchev–Trinajstić information content (AvgIpc) is 2.80. The third kappa shape index (κ3) is 2.74. The van der Waals surface area contributed by atoms with Crippen LogP contribution in [0.15, 0.2) is 30.3 Å². The molecular formula is C16H22NO4+. The summed E-state index contributed by atoms with van der Waals surface area (Å²) in [5.74, 6) is 0.0825. The van der Waals surface area contributed by atoms with Gasteiger partial charge in [-0.1, -0.05) is 30.3 Å². The van der Waals surface area contributed by atoms with Crippen LogP contribution < -0.4 is 4.90 Å². The van der Waals surface area contributed by atoms with Crippen LogP contribution in [0, 0.1) is 0 Å². The van der Waals surface area contributed by atoms with Crippen molar-refractivity contribution >= 4 is 5.78 Å². The first-order chi connectivity index (χ1) is 10.1. The summed E-state index contributed by atoms with van der Waals surface area (Å²) in [7, 11) is 0. The van der Waals surface area contributed by atoms with Crippen LogP contribution >= 0.6 is 0 Å². The van der Waals surface area contributed by atoms with E-state index >= 15 is 0 Å². The van der Waals surface area contributed by atoms with Gasteiger partial charge in [-0.15, -0.1) is 0 Å². The van der Waals surface area contributed by atoms with Gasteiger partial charge in [0.25, 0.3) is 0 Å². The Balaban J connectivity index is 1.73. The van der Waals surface area contributed by atoms with E-state index in [1.54, 1.807) is 12.1 Å². The topological polar surface area (TPSA) is 82.2 Å². The van der Waals surface area contributed by atoms with Crippen LogP contribution in [-0.2, 0) is 0 Å². The second kappa shape index (κ2) is 5.85. The number of Topliss-reactive ketones (excluding diaryl/α,β-unsaturated/α-hetero) is 1. The molecule has 0 saturated carbocycles. The Morgan fingerprint density at radius 1 is 1.10 bits per heavy atom. The Morgan fingerprint density at radius 3 is 2.52 bits per heavy atom. The normalized spacial score (nSPS) is 39.0. The van der Waals surface area contributed by atoms with Gasteiger partial charge in [-0.25, -0.2) is 0 Å². The summed E-state index contributed by atoms with van der Waals surface area (Å²) in [6.45, 7) is 0.398. The van der Waals surface area contributed by atoms with Crippen molar-refractivity contribution in [2.24, 2.45) is 0 Å². The molecule has 1 aromatic carbocycles. The number of carbonyl (C=O) groups is 1. The number of nitrogens with one attached hydrogen (secondary N) is 1. The summed E-state index contributed by atoms with van der Waals surface area (Å²) in [6.07, 6.45) is -0.607. The molecule has 0 spiro atoms. The molecule has 2 heterocycles. The van der Waals surface area contributed by atoms with E-state index in [1.807, 2.05) is 18.2 Å². The average molecular weight is 292 g/mol. The van der Waals surface area contributed by atoms with Crippen molar-refractivity contribution in [2.45, 2.75) is 49.7 Å². The highest BCUT2D eigenvalue weighted by Gasteiger charge is 2.53. The molecule has 2 saturated heterocycles. The third-order valence-corrected chi connectivity index (χ3v) is 4.91. The molecule has 114 valence electrons. The fourth-order valence-electron chi connectivity index (χ4n) is 3.81. The Bertz CT molecular complexity index is 506. The molecule has 4 N–H and O–H groups in total. The molecule has 0 aromatic heterocycles. The summed E-state index contributed by atoms with van der Waals surface area (Å²) in [5, 5.41) is 29.9. The summed E-state index contributed by atoms with van der Waals surface area (Å²) >= 11 is 0. The molecule has 6 unspecified atom stereocenters. The number of hydrogen-bond donors (Lipinski definition) is 4. The van der Waals surface area contributed by atoms with Crippen molar-refractivity contribution in [1.82, 2.24) is 0 Å². The summed E-state index contributed by atoms with van der Waals surface area (Å²) in [4.78, 5) is 13.3. The van der Waals surface area contributed by atoms with Crippen LogP contribution in [0.5, 0.6) is 0 Å². The van der Waals surface area contributed by atoms with Gasteiger partial charge in [-0.3, -0.25) is 4.79 Å². The maximum absolute atomic E-state index is 12.3. The lowest BCUT2D eigenvalue weighted by Gasteiger charge is -2.37. The van der Waals surface area contributed by atoms with Gasteiger partial charge in [-0.05, 0) is 6.42 Å². The number of aliphatic hydroxyl groups excluding tert-OH is 3. The van der Waals surface area contributed by atoms with Gasteiger partial charge in [-0.2, -0.15) is 0 Å². The van der Waals surface area contributed by atoms with E-state index in [1.165, 1.54) is 0 Å². The summed E-state index contributed by atoms with van der Waals surface area (Å²) in [5.41, 5.74) is 0.694. The van der Waals surface area contributed by atoms with E-state index in [0.717, 1.165) is 11.3 Å². The first-order valence-electron chi connectivity index (χ1n) is 7.56. The van der Waals surface area contributed by atoms with Gasteiger partial charge >= 0.3 is 0 Å². The van der Waals surface area contributed by atoms with E-state index in [4.69, 9.17) is 0 Å². The van der Waals surface area contributed by atoms with Crippen molar-refractivity contribution in [3.05, 3.63) is 35.9 Å². The van der Waals surface area contributed by atoms with Gasteiger partial charge in [0, 0.05) is 12.0 Å². The Labute approximate surface area is 123 Å². The Hall–Kier alpha value is -1.27. The predicted octanol–water partition coefficient (Wildman–Crippen LogP) is -1.23. The lowest BCUT2D eigenvalue weighted by molar-refractivity contribution is -0.948. The number of aliphatic hydroxyl groups is 3. The van der Waals surface area contributed by atoms with Crippen molar-refractivity contribution in [3.8, 4) is 0 Å². The van der Waals surface area contributed by atoms with E-state index in [2.05, 4.69) is 0 Å². The molecule has 0 radical (unpaired) electrons. The van der Waals surface area contributed by atoms with Crippen LogP contribution in [0.1, 0.15) is 29.6 Å². The minimum Gasteiger partial charge on any atom is -0.387 e. The van der Waals surface area contributed by atoms with E-state index < -0.39 is 18.3 Å². The largest absolute Gasteiger partial charge is 0.387 e. The standard InChI is InChI=1S/C16H21NO4/c18-12-7-6-11(17-9-14(20)16(21)15(12)17)8-13(19)10-4-2-1-3-5-10/h1-5,11-12,14-16,18,20-21H,6-9H2/p+1. The highest BCUT2D eigenvalue weighted by atomic mass is 16.3. The van der Waals surface area contributed by atoms with Gasteiger partial charge in [0.2, 0.25) is 0 Å². The van der Waals surface area contributed by atoms with Crippen LogP contribution in [0.25, 0.3) is 0 Å². The number of quaternary nitrogens is 1. The molecule has 0 aliphatic carbocycles. The molecule has 5 nitrogen and oxygen atoms in total. The zero-order valence-corrected chi connectivity index (χ0v) is 11.9. The van der Waals surface area contributed by atoms with Crippen LogP contribution in [0.3, 0.4) is 0 Å². The second-order valence-electron chi connectivity index (χ2n) is 6.20. The highest BCUT2D eigenvalue weighted by molar-refractivity contribution is 5.96. The minimum atomic E-state index is -0.898. The van der Waals surface area contributed by atoms with Gasteiger partial charge < -0.3 is 20.2 Å². The quantitative estimate of drug-likeness (QED) is 0.526. The number of benzene rings is 1. The van der Waals surface area contributed by atoms with Gasteiger partial charge in [0.1, 0.15) is 30.9 Å². The molecule has 0 bridgehead atoms. The predicted molar refractivity (Wildman–Crippen MR) is 76.0 cm³/mol. The molecule has 6 atom stereocenters. The van der Waals surface area contributed by atoms with Crippen molar-refractivity contribution in [2.75, 3.05) is 6.54 Å². The fourth-order valence-corrected chi connectivity index (χ4v) is 3.81. The zero-order valence-electron chi connectivity index (χ0n) is 11.9. The third-order valence-electron chi connectivity index (χ3n) is 4.91. The molecular weight excluding hydrogens is 270 g/mol. The summed E-state index contributed by atoms with van der Waals surface area (Å²) in [6, 6.07) is 8.86. The lowest BCUT2D eigenvalue weighted by Crippen LogP contribution is -3.20. The first-order valence-corrected chi connectivity index (χ1v) is 7.56. The van der Waals surface area contributed by atoms with Crippen LogP contribution in [0.4, 0.5) is 0 Å². The number of rotatable bonds is 3. The molecule has 2 fully saturated rings. The second-order valence-corrected chi connectivity index (χ2v) is 6.20. The highest BCUT2D eigenvalue weighted by Crippen LogP contribution is 2.20. The minimum absolute atomic E-state index is 0.0536. The SMILES string of the molecule is O=C(CC1CCC(O)C2C(O)C(O)C[NH+]12)c1ccccc1. The van der Waals surface area contributed by atoms with Crippen LogP contribution in [-0.4, -0.2) is 58.0 Å². The fraction of sp³-hybridized carbons (Fsp3) is 0.562.